The maximum absolute atomic E-state index is 12.3. The average Bonchev–Trinajstić information content (AvgIpc) is 3.26. The highest BCUT2D eigenvalue weighted by molar-refractivity contribution is 5.94. The SMILES string of the molecule is CCC(C)NC(=O)c1ccc(N(C)c2ccccc2N2CC[C@H](OCOC)C2)cc1. The van der Waals surface area contributed by atoms with Crippen LogP contribution in [-0.2, 0) is 9.47 Å². The number of nitrogens with zero attached hydrogens (tertiary/aromatic N) is 2. The summed E-state index contributed by atoms with van der Waals surface area (Å²) in [5.41, 5.74) is 4.02. The van der Waals surface area contributed by atoms with E-state index in [1.54, 1.807) is 7.11 Å². The number of ether oxygens (including phenoxy) is 2. The Kier molecular flexibility index (Phi) is 7.71. The lowest BCUT2D eigenvalue weighted by atomic mass is 10.1. The first-order chi connectivity index (χ1) is 14.5. The molecule has 1 aliphatic heterocycles. The number of hydrogen-bond donors (Lipinski definition) is 1. The quantitative estimate of drug-likeness (QED) is 0.628. The van der Waals surface area contributed by atoms with E-state index in [0.29, 0.717) is 12.4 Å². The summed E-state index contributed by atoms with van der Waals surface area (Å²) in [5, 5.41) is 3.01. The van der Waals surface area contributed by atoms with Gasteiger partial charge in [-0.05, 0) is 56.2 Å². The summed E-state index contributed by atoms with van der Waals surface area (Å²) in [6.45, 7) is 6.21. The number of carbonyl (C=O) groups is 1. The third-order valence-corrected chi connectivity index (χ3v) is 5.66. The van der Waals surface area contributed by atoms with Crippen molar-refractivity contribution in [2.45, 2.75) is 38.8 Å². The minimum atomic E-state index is -0.0295. The summed E-state index contributed by atoms with van der Waals surface area (Å²) in [7, 11) is 3.71. The molecule has 0 saturated carbocycles. The van der Waals surface area contributed by atoms with Gasteiger partial charge in [0.25, 0.3) is 5.91 Å². The highest BCUT2D eigenvalue weighted by Gasteiger charge is 2.25. The predicted molar refractivity (Wildman–Crippen MR) is 122 cm³/mol. The van der Waals surface area contributed by atoms with Crippen molar-refractivity contribution >= 4 is 23.0 Å². The fourth-order valence-electron chi connectivity index (χ4n) is 3.65. The second-order valence-electron chi connectivity index (χ2n) is 7.81. The standard InChI is InChI=1S/C24H33N3O3/c1-5-18(2)25-24(28)19-10-12-20(13-11-19)26(3)22-8-6-7-9-23(22)27-15-14-21(16-27)30-17-29-4/h6-13,18,21H,5,14-17H2,1-4H3,(H,25,28)/t18?,21-/m0/s1. The van der Waals surface area contributed by atoms with E-state index in [9.17, 15) is 4.79 Å². The topological polar surface area (TPSA) is 54.0 Å². The Hall–Kier alpha value is -2.57. The van der Waals surface area contributed by atoms with Crippen molar-refractivity contribution in [1.82, 2.24) is 5.32 Å². The zero-order chi connectivity index (χ0) is 21.5. The molecule has 0 spiro atoms. The van der Waals surface area contributed by atoms with Crippen LogP contribution in [0.5, 0.6) is 0 Å². The van der Waals surface area contributed by atoms with Gasteiger partial charge >= 0.3 is 0 Å². The van der Waals surface area contributed by atoms with Crippen LogP contribution in [-0.4, -0.2) is 52.1 Å². The van der Waals surface area contributed by atoms with Gasteiger partial charge in [0.1, 0.15) is 6.79 Å². The smallest absolute Gasteiger partial charge is 0.251 e. The van der Waals surface area contributed by atoms with Crippen molar-refractivity contribution in [3.05, 3.63) is 54.1 Å². The molecule has 1 unspecified atom stereocenters. The summed E-state index contributed by atoms with van der Waals surface area (Å²) < 4.78 is 10.8. The van der Waals surface area contributed by atoms with E-state index in [1.165, 1.54) is 5.69 Å². The molecule has 162 valence electrons. The zero-order valence-electron chi connectivity index (χ0n) is 18.4. The third kappa shape index (κ3) is 5.32. The summed E-state index contributed by atoms with van der Waals surface area (Å²) in [5.74, 6) is -0.0295. The lowest BCUT2D eigenvalue weighted by molar-refractivity contribution is -0.0636. The number of methoxy groups -OCH3 is 1. The minimum Gasteiger partial charge on any atom is -0.367 e. The molecule has 1 aliphatic rings. The van der Waals surface area contributed by atoms with Crippen LogP contribution in [0.3, 0.4) is 0 Å². The molecule has 1 saturated heterocycles. The Balaban J connectivity index is 1.73. The van der Waals surface area contributed by atoms with E-state index in [1.807, 2.05) is 31.2 Å². The lowest BCUT2D eigenvalue weighted by Crippen LogP contribution is -2.31. The lowest BCUT2D eigenvalue weighted by Gasteiger charge is -2.28. The largest absolute Gasteiger partial charge is 0.367 e. The van der Waals surface area contributed by atoms with Crippen LogP contribution in [0.4, 0.5) is 17.1 Å². The molecule has 0 radical (unpaired) electrons. The molecule has 6 nitrogen and oxygen atoms in total. The van der Waals surface area contributed by atoms with Gasteiger partial charge < -0.3 is 24.6 Å². The molecule has 1 heterocycles. The van der Waals surface area contributed by atoms with Crippen molar-refractivity contribution in [2.24, 2.45) is 0 Å². The molecule has 1 amide bonds. The van der Waals surface area contributed by atoms with Crippen molar-refractivity contribution in [2.75, 3.05) is 43.8 Å². The van der Waals surface area contributed by atoms with Crippen molar-refractivity contribution < 1.29 is 14.3 Å². The van der Waals surface area contributed by atoms with Crippen LogP contribution in [0, 0.1) is 0 Å². The van der Waals surface area contributed by atoms with Crippen molar-refractivity contribution in [1.29, 1.82) is 0 Å². The number of anilines is 3. The third-order valence-electron chi connectivity index (χ3n) is 5.66. The number of benzene rings is 2. The van der Waals surface area contributed by atoms with E-state index in [-0.39, 0.29) is 18.1 Å². The molecule has 3 rings (SSSR count). The molecule has 0 aromatic heterocycles. The van der Waals surface area contributed by atoms with Gasteiger partial charge in [0.2, 0.25) is 0 Å². The molecule has 30 heavy (non-hydrogen) atoms. The Morgan fingerprint density at radius 2 is 1.97 bits per heavy atom. The number of rotatable bonds is 9. The van der Waals surface area contributed by atoms with Crippen LogP contribution in [0.25, 0.3) is 0 Å². The monoisotopic (exact) mass is 411 g/mol. The van der Waals surface area contributed by atoms with E-state index >= 15 is 0 Å². The molecular formula is C24H33N3O3. The first-order valence-electron chi connectivity index (χ1n) is 10.6. The predicted octanol–water partition coefficient (Wildman–Crippen LogP) is 4.18. The molecule has 1 N–H and O–H groups in total. The first-order valence-corrected chi connectivity index (χ1v) is 10.6. The second kappa shape index (κ2) is 10.5. The molecule has 6 heteroatoms. The van der Waals surface area contributed by atoms with Gasteiger partial charge in [-0.25, -0.2) is 0 Å². The first kappa shape index (κ1) is 22.1. The number of hydrogen-bond acceptors (Lipinski definition) is 5. The normalized spacial score (nSPS) is 17.1. The van der Waals surface area contributed by atoms with Crippen molar-refractivity contribution in [3.63, 3.8) is 0 Å². The Labute approximate surface area is 179 Å². The number of carbonyl (C=O) groups excluding carboxylic acids is 1. The van der Waals surface area contributed by atoms with Crippen LogP contribution >= 0.6 is 0 Å². The highest BCUT2D eigenvalue weighted by atomic mass is 16.7. The van der Waals surface area contributed by atoms with Gasteiger partial charge in [0, 0.05) is 44.5 Å². The Morgan fingerprint density at radius 1 is 1.23 bits per heavy atom. The fourth-order valence-corrected chi connectivity index (χ4v) is 3.65. The molecule has 2 aromatic rings. The number of nitrogens with one attached hydrogen (secondary N) is 1. The van der Waals surface area contributed by atoms with Gasteiger partial charge in [-0.3, -0.25) is 4.79 Å². The summed E-state index contributed by atoms with van der Waals surface area (Å²) in [6.07, 6.45) is 2.09. The summed E-state index contributed by atoms with van der Waals surface area (Å²) in [6, 6.07) is 16.3. The number of para-hydroxylation sites is 2. The van der Waals surface area contributed by atoms with Gasteiger partial charge in [0.05, 0.1) is 17.5 Å². The maximum Gasteiger partial charge on any atom is 0.251 e. The van der Waals surface area contributed by atoms with E-state index < -0.39 is 0 Å². The molecular weight excluding hydrogens is 378 g/mol. The molecule has 2 aromatic carbocycles. The van der Waals surface area contributed by atoms with Crippen LogP contribution in [0.1, 0.15) is 37.0 Å². The van der Waals surface area contributed by atoms with Gasteiger partial charge in [-0.2, -0.15) is 0 Å². The Bertz CT molecular complexity index is 825. The summed E-state index contributed by atoms with van der Waals surface area (Å²) >= 11 is 0. The zero-order valence-corrected chi connectivity index (χ0v) is 18.4. The molecule has 0 bridgehead atoms. The van der Waals surface area contributed by atoms with E-state index in [4.69, 9.17) is 9.47 Å². The highest BCUT2D eigenvalue weighted by Crippen LogP contribution is 2.35. The molecule has 0 aliphatic carbocycles. The van der Waals surface area contributed by atoms with Gasteiger partial charge in [-0.15, -0.1) is 0 Å². The molecule has 2 atom stereocenters. The van der Waals surface area contributed by atoms with Crippen LogP contribution in [0.2, 0.25) is 0 Å². The maximum atomic E-state index is 12.3. The average molecular weight is 412 g/mol. The van der Waals surface area contributed by atoms with Gasteiger partial charge in [-0.1, -0.05) is 19.1 Å². The van der Waals surface area contributed by atoms with Crippen molar-refractivity contribution in [3.8, 4) is 0 Å². The number of amides is 1. The second-order valence-corrected chi connectivity index (χ2v) is 7.81. The van der Waals surface area contributed by atoms with Crippen LogP contribution < -0.4 is 15.1 Å². The van der Waals surface area contributed by atoms with E-state index in [0.717, 1.165) is 37.3 Å². The fraction of sp³-hybridized carbons (Fsp3) is 0.458. The van der Waals surface area contributed by atoms with Gasteiger partial charge in [0.15, 0.2) is 0 Å². The Morgan fingerprint density at radius 3 is 2.67 bits per heavy atom. The molecule has 1 fully saturated rings. The van der Waals surface area contributed by atoms with Crippen LogP contribution in [0.15, 0.2) is 48.5 Å². The van der Waals surface area contributed by atoms with E-state index in [2.05, 4.69) is 53.4 Å². The summed E-state index contributed by atoms with van der Waals surface area (Å²) in [4.78, 5) is 16.9. The minimum absolute atomic E-state index is 0.0295.